The number of H-pyrrole nitrogens is 1. The molecule has 0 saturated carbocycles. The van der Waals surface area contributed by atoms with E-state index in [0.29, 0.717) is 16.4 Å². The molecule has 0 bridgehead atoms. The van der Waals surface area contributed by atoms with Crippen LogP contribution in [-0.4, -0.2) is 46.8 Å². The van der Waals surface area contributed by atoms with Gasteiger partial charge >= 0.3 is 5.91 Å². The van der Waals surface area contributed by atoms with Crippen molar-refractivity contribution in [2.45, 2.75) is 33.6 Å². The molecule has 0 radical (unpaired) electrons. The molecule has 1 N–H and O–H groups in total. The van der Waals surface area contributed by atoms with Crippen LogP contribution in [0.5, 0.6) is 0 Å². The van der Waals surface area contributed by atoms with Crippen LogP contribution in [0.1, 0.15) is 42.1 Å². The number of hydrogen-bond acceptors (Lipinski definition) is 4. The second-order valence-corrected chi connectivity index (χ2v) is 9.39. The third-order valence-corrected chi connectivity index (χ3v) is 6.11. The van der Waals surface area contributed by atoms with Gasteiger partial charge in [-0.05, 0) is 44.0 Å². The van der Waals surface area contributed by atoms with Crippen molar-refractivity contribution in [2.75, 3.05) is 20.3 Å². The highest BCUT2D eigenvalue weighted by atomic mass is 35.5. The Hall–Kier alpha value is -3.49. The van der Waals surface area contributed by atoms with Gasteiger partial charge < -0.3 is 4.74 Å². The minimum absolute atomic E-state index is 0.0758. The van der Waals surface area contributed by atoms with E-state index >= 15 is 0 Å². The number of ether oxygens (including phenoxy) is 1. The Morgan fingerprint density at radius 1 is 1.06 bits per heavy atom. The fourth-order valence-corrected chi connectivity index (χ4v) is 4.55. The minimum Gasteiger partial charge on any atom is -0.383 e. The molecule has 0 aliphatic carbocycles. The summed E-state index contributed by atoms with van der Waals surface area (Å²) < 4.78 is 8.13. The average Bonchev–Trinajstić information content (AvgIpc) is 3.25. The van der Waals surface area contributed by atoms with Crippen LogP contribution in [0.25, 0.3) is 17.0 Å². The molecule has 1 aliphatic heterocycles. The first-order valence-corrected chi connectivity index (χ1v) is 11.7. The first-order chi connectivity index (χ1) is 16.6. The molecular weight excluding hydrogens is 468 g/mol. The summed E-state index contributed by atoms with van der Waals surface area (Å²) >= 11 is 6.17. The van der Waals surface area contributed by atoms with Crippen LogP contribution < -0.4 is 10.1 Å². The van der Waals surface area contributed by atoms with Gasteiger partial charge in [0.25, 0.3) is 17.2 Å². The van der Waals surface area contributed by atoms with E-state index in [1.165, 1.54) is 11.8 Å². The van der Waals surface area contributed by atoms with E-state index < -0.39 is 17.4 Å². The van der Waals surface area contributed by atoms with E-state index in [9.17, 15) is 14.4 Å². The van der Waals surface area contributed by atoms with E-state index in [1.807, 2.05) is 33.8 Å². The highest BCUT2D eigenvalue weighted by molar-refractivity contribution is 6.44. The largest absolute Gasteiger partial charge is 0.383 e. The normalized spacial score (nSPS) is 14.1. The molecule has 3 aromatic rings. The van der Waals surface area contributed by atoms with E-state index in [4.69, 9.17) is 16.3 Å². The smallest absolute Gasteiger partial charge is 0.326 e. The lowest BCUT2D eigenvalue weighted by Crippen LogP contribution is -2.41. The van der Waals surface area contributed by atoms with Gasteiger partial charge in [0.2, 0.25) is 0 Å². The Balaban J connectivity index is 2.03. The lowest BCUT2D eigenvalue weighted by atomic mass is 9.98. The molecule has 2 amide bonds. The van der Waals surface area contributed by atoms with Gasteiger partial charge in [0.05, 0.1) is 24.4 Å². The van der Waals surface area contributed by atoms with Crippen LogP contribution in [0, 0.1) is 13.8 Å². The molecule has 1 aromatic carbocycles. The molecule has 9 heteroatoms. The Bertz CT molecular complexity index is 1400. The number of benzene rings is 1. The first-order valence-electron chi connectivity index (χ1n) is 11.3. The van der Waals surface area contributed by atoms with Crippen molar-refractivity contribution >= 4 is 34.7 Å². The van der Waals surface area contributed by atoms with E-state index in [-0.39, 0.29) is 35.9 Å². The van der Waals surface area contributed by atoms with Crippen LogP contribution in [0.3, 0.4) is 0 Å². The molecule has 8 nitrogen and oxygen atoms in total. The zero-order chi connectivity index (χ0) is 25.4. The topological polar surface area (TPSA) is 88.3 Å². The minimum atomic E-state index is -0.523. The number of methoxy groups -OCH3 is 1. The van der Waals surface area contributed by atoms with Crippen LogP contribution in [-0.2, 0) is 14.3 Å². The van der Waals surface area contributed by atoms with Crippen LogP contribution >= 0.6 is 11.6 Å². The maximum absolute atomic E-state index is 13.8. The van der Waals surface area contributed by atoms with Gasteiger partial charge in [-0.25, -0.2) is 4.68 Å². The number of carbonyl (C=O) groups is 2. The lowest BCUT2D eigenvalue weighted by Gasteiger charge is -2.13. The summed E-state index contributed by atoms with van der Waals surface area (Å²) in [4.78, 5) is 42.2. The number of hydrogen-bond donors (Lipinski definition) is 1. The number of pyridine rings is 1. The highest BCUT2D eigenvalue weighted by Crippen LogP contribution is 2.32. The van der Waals surface area contributed by atoms with Gasteiger partial charge in [-0.3, -0.25) is 24.4 Å². The maximum Gasteiger partial charge on any atom is 0.326 e. The van der Waals surface area contributed by atoms with Crippen molar-refractivity contribution in [2.24, 2.45) is 0 Å². The second-order valence-electron chi connectivity index (χ2n) is 8.95. The molecule has 0 unspecified atom stereocenters. The molecule has 3 heterocycles. The van der Waals surface area contributed by atoms with E-state index in [0.717, 1.165) is 16.0 Å². The highest BCUT2D eigenvalue weighted by Gasteiger charge is 2.47. The molecule has 0 spiro atoms. The predicted molar refractivity (Wildman–Crippen MR) is 133 cm³/mol. The lowest BCUT2D eigenvalue weighted by molar-refractivity contribution is -0.577. The molecule has 2 aromatic heterocycles. The van der Waals surface area contributed by atoms with Gasteiger partial charge in [0.1, 0.15) is 5.57 Å². The van der Waals surface area contributed by atoms with Crippen molar-refractivity contribution in [3.63, 3.8) is 0 Å². The molecule has 0 atom stereocenters. The zero-order valence-electron chi connectivity index (χ0n) is 20.4. The fraction of sp³-hybridized carbons (Fsp3) is 0.308. The summed E-state index contributed by atoms with van der Waals surface area (Å²) in [6.45, 7) is 7.94. The fourth-order valence-electron chi connectivity index (χ4n) is 4.36. The van der Waals surface area contributed by atoms with Crippen LogP contribution in [0.4, 0.5) is 0 Å². The number of carbonyl (C=O) groups excluding carboxylic acids is 2. The number of nitrogens with zero attached hydrogens (tertiary/aromatic N) is 3. The molecule has 182 valence electrons. The van der Waals surface area contributed by atoms with Crippen molar-refractivity contribution < 1.29 is 18.9 Å². The number of aryl methyl sites for hydroxylation is 2. The third kappa shape index (κ3) is 4.47. The summed E-state index contributed by atoms with van der Waals surface area (Å²) in [5.74, 6) is -1.13. The summed E-state index contributed by atoms with van der Waals surface area (Å²) in [5, 5.41) is 3.63. The number of amides is 2. The molecule has 0 fully saturated rings. The standard InChI is InChI=1S/C26H27ClN4O4/c1-15(2)22-20(25(33)31(28-22)19-8-6-7-18(27)12-19)21-23(29-13-16(3)11-17(4)14-29)26(34)30(24(21)32)9-10-35-5/h6-8,11-15H,9-10H2,1-5H3/p+1. The SMILES string of the molecule is COCCN1C(=O)C(c2c(C(C)C)[nH]n(-c3cccc(Cl)c3)c2=O)=C([n+]2cc(C)cc(C)c2)C1=O. The number of aromatic amines is 1. The quantitative estimate of drug-likeness (QED) is 0.402. The number of imide groups is 1. The number of aromatic nitrogens is 3. The molecular formula is C26H28ClN4O4+. The summed E-state index contributed by atoms with van der Waals surface area (Å²) in [5.41, 5.74) is 2.90. The third-order valence-electron chi connectivity index (χ3n) is 5.87. The summed E-state index contributed by atoms with van der Waals surface area (Å²) in [6, 6.07) is 8.84. The average molecular weight is 496 g/mol. The van der Waals surface area contributed by atoms with Gasteiger partial charge in [0.15, 0.2) is 12.4 Å². The van der Waals surface area contributed by atoms with E-state index in [1.54, 1.807) is 41.2 Å². The molecule has 1 aliphatic rings. The van der Waals surface area contributed by atoms with Crippen molar-refractivity contribution in [1.29, 1.82) is 0 Å². The number of halogens is 1. The van der Waals surface area contributed by atoms with Gasteiger partial charge in [-0.1, -0.05) is 31.5 Å². The molecule has 35 heavy (non-hydrogen) atoms. The van der Waals surface area contributed by atoms with Crippen LogP contribution in [0.2, 0.25) is 5.02 Å². The maximum atomic E-state index is 13.8. The molecule has 0 saturated heterocycles. The van der Waals surface area contributed by atoms with Crippen molar-refractivity contribution in [1.82, 2.24) is 14.7 Å². The van der Waals surface area contributed by atoms with E-state index in [2.05, 4.69) is 5.10 Å². The Morgan fingerprint density at radius 3 is 2.34 bits per heavy atom. The van der Waals surface area contributed by atoms with Gasteiger partial charge in [-0.15, -0.1) is 0 Å². The Kier molecular flexibility index (Phi) is 6.78. The van der Waals surface area contributed by atoms with Crippen molar-refractivity contribution in [3.05, 3.63) is 80.5 Å². The molecule has 4 rings (SSSR count). The number of rotatable bonds is 7. The first kappa shape index (κ1) is 24.6. The number of nitrogens with one attached hydrogen (secondary N) is 1. The van der Waals surface area contributed by atoms with Crippen molar-refractivity contribution in [3.8, 4) is 5.69 Å². The van der Waals surface area contributed by atoms with Crippen LogP contribution in [0.15, 0.2) is 47.5 Å². The second kappa shape index (κ2) is 9.64. The monoisotopic (exact) mass is 495 g/mol. The van der Waals surface area contributed by atoms with Gasteiger partial charge in [0, 0.05) is 29.0 Å². The predicted octanol–water partition coefficient (Wildman–Crippen LogP) is 3.23. The van der Waals surface area contributed by atoms with Gasteiger partial charge in [-0.2, -0.15) is 4.57 Å². The Labute approximate surface area is 208 Å². The summed E-state index contributed by atoms with van der Waals surface area (Å²) in [7, 11) is 1.51. The zero-order valence-corrected chi connectivity index (χ0v) is 21.1. The Morgan fingerprint density at radius 2 is 1.74 bits per heavy atom. The summed E-state index contributed by atoms with van der Waals surface area (Å²) in [6.07, 6.45) is 3.56.